The number of carbonyl (C=O) groups is 5. The maximum absolute atomic E-state index is 14.8. The summed E-state index contributed by atoms with van der Waals surface area (Å²) in [5, 5.41) is 17.2. The van der Waals surface area contributed by atoms with Crippen molar-refractivity contribution in [2.24, 2.45) is 21.7 Å². The van der Waals surface area contributed by atoms with Crippen LogP contribution < -0.4 is 10.7 Å². The monoisotopic (exact) mass is 944 g/mol. The number of amides is 4. The van der Waals surface area contributed by atoms with Gasteiger partial charge in [0.05, 0.1) is 29.5 Å². The molecule has 15 nitrogen and oxygen atoms in total. The second-order valence-electron chi connectivity index (χ2n) is 20.1. The molecule has 5 heterocycles. The van der Waals surface area contributed by atoms with E-state index < -0.39 is 46.4 Å². The number of hydrazine groups is 1. The number of allylic oxidation sites excluding steroid dienone is 2. The van der Waals surface area contributed by atoms with Crippen molar-refractivity contribution in [2.75, 3.05) is 39.9 Å². The van der Waals surface area contributed by atoms with E-state index in [0.717, 1.165) is 50.1 Å². The van der Waals surface area contributed by atoms with Crippen LogP contribution in [0.15, 0.2) is 65.8 Å². The van der Waals surface area contributed by atoms with Crippen molar-refractivity contribution < 1.29 is 38.6 Å². The van der Waals surface area contributed by atoms with E-state index in [1.807, 2.05) is 71.9 Å². The first-order chi connectivity index (χ1) is 32.8. The van der Waals surface area contributed by atoms with Crippen LogP contribution in [0.1, 0.15) is 97.9 Å². The number of aliphatic hydroxyl groups is 1. The molecular weight excluding hydrogens is 875 g/mol. The number of cyclic esters (lactones) is 1. The highest BCUT2D eigenvalue weighted by atomic mass is 16.6. The van der Waals surface area contributed by atoms with E-state index in [-0.39, 0.29) is 62.8 Å². The number of nitrogens with zero attached hydrogens (tertiary/aromatic N) is 5. The molecule has 0 unspecified atom stereocenters. The van der Waals surface area contributed by atoms with E-state index in [1.165, 1.54) is 5.01 Å². The van der Waals surface area contributed by atoms with Crippen molar-refractivity contribution in [3.05, 3.63) is 77.6 Å². The summed E-state index contributed by atoms with van der Waals surface area (Å²) in [5.74, 6) is 2.40. The molecule has 3 saturated heterocycles. The molecule has 4 amide bonds. The minimum Gasteiger partial charge on any atom is -0.462 e. The summed E-state index contributed by atoms with van der Waals surface area (Å²) in [6, 6.07) is 12.1. The fraction of sp³-hybridized carbons (Fsp3) is 0.519. The SMILES string of the molecule is C=C/C(=C(\N=C/C)[C@H](C)OC)c1c2c3cc(ccc3n1CC)-c1cccc(c1)C[C@H](NC(=O)[C@H](C(C)C)N1CC[C@@]3(CCN(C(=O)C#CC)C3)C1=O)C(=O)N1CCC[C@@](O)(N1)C(=O)OCC(C)(C)C2. The number of carbonyl (C=O) groups excluding carboxylic acids is 5. The topological polar surface area (TPSA) is 175 Å². The van der Waals surface area contributed by atoms with Crippen LogP contribution in [-0.4, -0.2) is 124 Å². The first-order valence-electron chi connectivity index (χ1n) is 24.3. The first-order valence-corrected chi connectivity index (χ1v) is 24.3. The smallest absolute Gasteiger partial charge is 0.355 e. The maximum atomic E-state index is 14.8. The molecule has 6 bridgehead atoms. The lowest BCUT2D eigenvalue weighted by atomic mass is 9.84. The predicted molar refractivity (Wildman–Crippen MR) is 266 cm³/mol. The average molecular weight is 944 g/mol. The second-order valence-corrected chi connectivity index (χ2v) is 20.1. The number of hydrogen-bond acceptors (Lipinski definition) is 10. The van der Waals surface area contributed by atoms with Crippen LogP contribution in [0.3, 0.4) is 0 Å². The third kappa shape index (κ3) is 10.0. The van der Waals surface area contributed by atoms with Crippen molar-refractivity contribution >= 4 is 52.3 Å². The first kappa shape index (κ1) is 50.8. The van der Waals surface area contributed by atoms with Crippen molar-refractivity contribution in [1.82, 2.24) is 30.1 Å². The van der Waals surface area contributed by atoms with Gasteiger partial charge in [-0.15, -0.1) is 0 Å². The molecule has 2 aromatic carbocycles. The molecule has 3 aromatic rings. The summed E-state index contributed by atoms with van der Waals surface area (Å²) in [6.07, 6.45) is 4.95. The van der Waals surface area contributed by atoms with Gasteiger partial charge in [-0.2, -0.15) is 5.43 Å². The van der Waals surface area contributed by atoms with Crippen LogP contribution in [0.25, 0.3) is 27.6 Å². The number of aliphatic imine (C=N–C) groups is 1. The zero-order valence-electron chi connectivity index (χ0n) is 41.7. The Morgan fingerprint density at radius 3 is 2.49 bits per heavy atom. The molecule has 0 radical (unpaired) electrons. The largest absolute Gasteiger partial charge is 0.462 e. The Labute approximate surface area is 406 Å². The van der Waals surface area contributed by atoms with Crippen molar-refractivity contribution in [1.29, 1.82) is 0 Å². The normalized spacial score (nSPS) is 24.2. The Morgan fingerprint density at radius 1 is 1.07 bits per heavy atom. The third-order valence-electron chi connectivity index (χ3n) is 14.3. The fourth-order valence-electron chi connectivity index (χ4n) is 10.7. The van der Waals surface area contributed by atoms with Crippen LogP contribution in [0, 0.1) is 28.6 Å². The summed E-state index contributed by atoms with van der Waals surface area (Å²) in [5.41, 5.74) is 6.15. The highest BCUT2D eigenvalue weighted by Gasteiger charge is 2.54. The Morgan fingerprint density at radius 2 is 1.81 bits per heavy atom. The lowest BCUT2D eigenvalue weighted by Crippen LogP contribution is -2.67. The number of aryl methyl sites for hydroxylation is 1. The molecule has 368 valence electrons. The van der Waals surface area contributed by atoms with Gasteiger partial charge in [0.1, 0.15) is 12.1 Å². The molecule has 0 aliphatic carbocycles. The van der Waals surface area contributed by atoms with E-state index in [4.69, 9.17) is 14.5 Å². The zero-order valence-corrected chi connectivity index (χ0v) is 41.7. The van der Waals surface area contributed by atoms with E-state index in [9.17, 15) is 29.1 Å². The summed E-state index contributed by atoms with van der Waals surface area (Å²) >= 11 is 0. The number of fused-ring (bicyclic) bond motifs is 6. The number of benzene rings is 2. The molecule has 0 saturated carbocycles. The molecule has 7 rings (SSSR count). The number of esters is 1. The number of methoxy groups -OCH3 is 1. The number of aromatic nitrogens is 1. The van der Waals surface area contributed by atoms with Crippen molar-refractivity contribution in [2.45, 2.75) is 124 Å². The maximum Gasteiger partial charge on any atom is 0.355 e. The van der Waals surface area contributed by atoms with Gasteiger partial charge in [0.15, 0.2) is 0 Å². The highest BCUT2D eigenvalue weighted by molar-refractivity contribution is 5.98. The fourth-order valence-corrected chi connectivity index (χ4v) is 10.7. The van der Waals surface area contributed by atoms with Gasteiger partial charge in [-0.25, -0.2) is 4.79 Å². The number of nitrogens with one attached hydrogen (secondary N) is 2. The summed E-state index contributed by atoms with van der Waals surface area (Å²) in [7, 11) is 1.65. The standard InChI is InChI=1S/C54H69N7O8/c1-11-17-44(62)58-26-23-53(32-58)24-27-60(50(53)65)46(34(5)6)48(63)56-42-29-36-18-15-19-37(28-36)38-20-21-43-40(30-38)41(47(59(43)14-4)39(12-2)45(55-13-3)35(7)68-10)31-52(8,9)33-69-51(66)54(67)22-16-25-61(57-54)49(42)64/h12-13,15,18-21,28,30,34-35,42,46,57,67H,2,14,16,22-27,29,31-33H2,1,3-10H3,(H,56,63)/b45-39+,55-13-/t35-,42-,46-,53+,54-/m0/s1. The molecular formula is C54H69N7O8. The predicted octanol–water partition coefficient (Wildman–Crippen LogP) is 5.82. The molecule has 1 spiro atoms. The molecule has 5 atom stereocenters. The lowest BCUT2D eigenvalue weighted by molar-refractivity contribution is -0.189. The molecule has 4 aliphatic heterocycles. The Kier molecular flexibility index (Phi) is 15.1. The Hall–Kier alpha value is -6.08. The van der Waals surface area contributed by atoms with Crippen LogP contribution in [0.2, 0.25) is 0 Å². The number of rotatable bonds is 10. The average Bonchev–Trinajstić information content (AvgIpc) is 4.00. The summed E-state index contributed by atoms with van der Waals surface area (Å²) < 4.78 is 14.1. The minimum atomic E-state index is -2.24. The van der Waals surface area contributed by atoms with E-state index in [2.05, 4.69) is 58.9 Å². The quantitative estimate of drug-likeness (QED) is 0.0980. The second kappa shape index (κ2) is 20.5. The highest BCUT2D eigenvalue weighted by Crippen LogP contribution is 2.43. The summed E-state index contributed by atoms with van der Waals surface area (Å²) in [6.45, 7) is 21.2. The Balaban J connectivity index is 1.31. The van der Waals surface area contributed by atoms with E-state index in [1.54, 1.807) is 30.0 Å². The zero-order chi connectivity index (χ0) is 50.0. The van der Waals surface area contributed by atoms with Gasteiger partial charge in [0.25, 0.3) is 11.8 Å². The van der Waals surface area contributed by atoms with E-state index >= 15 is 0 Å². The van der Waals surface area contributed by atoms with Crippen LogP contribution in [-0.2, 0) is 52.8 Å². The molecule has 4 aliphatic rings. The van der Waals surface area contributed by atoms with Gasteiger partial charge >= 0.3 is 5.97 Å². The van der Waals surface area contributed by atoms with Gasteiger partial charge in [-0.1, -0.05) is 76.6 Å². The minimum absolute atomic E-state index is 0.0137. The lowest BCUT2D eigenvalue weighted by Gasteiger charge is -2.40. The van der Waals surface area contributed by atoms with Crippen molar-refractivity contribution in [3.63, 3.8) is 0 Å². The van der Waals surface area contributed by atoms with Gasteiger partial charge < -0.3 is 34.3 Å². The van der Waals surface area contributed by atoms with E-state index in [0.29, 0.717) is 38.9 Å². The van der Waals surface area contributed by atoms with Gasteiger partial charge in [0.2, 0.25) is 17.5 Å². The number of hydrogen-bond donors (Lipinski definition) is 3. The van der Waals surface area contributed by atoms with Crippen LogP contribution in [0.4, 0.5) is 0 Å². The molecule has 1 aromatic heterocycles. The molecule has 3 N–H and O–H groups in total. The number of ether oxygens (including phenoxy) is 2. The number of likely N-dealkylation sites (tertiary alicyclic amines) is 2. The molecule has 3 fully saturated rings. The van der Waals surface area contributed by atoms with Gasteiger partial charge in [0, 0.05) is 80.8 Å². The molecule has 15 heteroatoms. The molecule has 69 heavy (non-hydrogen) atoms. The van der Waals surface area contributed by atoms with Gasteiger partial charge in [-0.05, 0) is 99.6 Å². The summed E-state index contributed by atoms with van der Waals surface area (Å²) in [4.78, 5) is 78.7. The van der Waals surface area contributed by atoms with Crippen LogP contribution in [0.5, 0.6) is 0 Å². The van der Waals surface area contributed by atoms with Gasteiger partial charge in [-0.3, -0.25) is 29.2 Å². The van der Waals surface area contributed by atoms with Crippen LogP contribution >= 0.6 is 0 Å². The van der Waals surface area contributed by atoms with Crippen molar-refractivity contribution in [3.8, 4) is 23.0 Å². The third-order valence-corrected chi connectivity index (χ3v) is 14.3. The Bertz CT molecular complexity index is 2650.